The lowest BCUT2D eigenvalue weighted by Crippen LogP contribution is -2.12. The topological polar surface area (TPSA) is 52.9 Å². The monoisotopic (exact) mass is 334 g/mol. The van der Waals surface area contributed by atoms with E-state index in [2.05, 4.69) is 21.2 Å². The first kappa shape index (κ1) is 13.6. The molecule has 2 rings (SSSR count). The van der Waals surface area contributed by atoms with Crippen LogP contribution in [0.5, 0.6) is 0 Å². The second-order valence-electron chi connectivity index (χ2n) is 3.77. The summed E-state index contributed by atoms with van der Waals surface area (Å²) in [4.78, 5) is 12.0. The minimum atomic E-state index is -0.304. The van der Waals surface area contributed by atoms with Crippen molar-refractivity contribution in [3.8, 4) is 6.07 Å². The van der Waals surface area contributed by atoms with Gasteiger partial charge < -0.3 is 5.32 Å². The van der Waals surface area contributed by atoms with Gasteiger partial charge >= 0.3 is 0 Å². The van der Waals surface area contributed by atoms with E-state index in [1.54, 1.807) is 42.5 Å². The summed E-state index contributed by atoms with van der Waals surface area (Å²) in [5.74, 6) is -0.304. The molecule has 0 spiro atoms. The number of nitrogens with one attached hydrogen (secondary N) is 1. The van der Waals surface area contributed by atoms with Crippen molar-refractivity contribution >= 4 is 39.1 Å². The van der Waals surface area contributed by atoms with Crippen molar-refractivity contribution in [2.75, 3.05) is 5.32 Å². The van der Waals surface area contributed by atoms with E-state index in [1.807, 2.05) is 6.07 Å². The molecule has 1 N–H and O–H groups in total. The number of nitriles is 1. The lowest BCUT2D eigenvalue weighted by molar-refractivity contribution is 0.102. The Morgan fingerprint density at radius 2 is 2.05 bits per heavy atom. The number of anilines is 1. The number of benzene rings is 2. The third-order valence-electron chi connectivity index (χ3n) is 2.44. The van der Waals surface area contributed by atoms with Crippen LogP contribution in [-0.2, 0) is 0 Å². The molecule has 0 fully saturated rings. The molecule has 5 heteroatoms. The van der Waals surface area contributed by atoms with Gasteiger partial charge in [0.2, 0.25) is 0 Å². The van der Waals surface area contributed by atoms with Crippen LogP contribution in [0.1, 0.15) is 15.9 Å². The Bertz CT molecular complexity index is 679. The summed E-state index contributed by atoms with van der Waals surface area (Å²) in [6, 6.07) is 13.7. The Morgan fingerprint density at radius 3 is 2.74 bits per heavy atom. The fraction of sp³-hybridized carbons (Fsp3) is 0. The zero-order valence-electron chi connectivity index (χ0n) is 9.65. The molecule has 0 heterocycles. The van der Waals surface area contributed by atoms with Crippen molar-refractivity contribution in [3.05, 3.63) is 63.1 Å². The first-order chi connectivity index (χ1) is 9.10. The van der Waals surface area contributed by atoms with E-state index in [9.17, 15) is 4.79 Å². The second-order valence-corrected chi connectivity index (χ2v) is 5.12. The molecule has 2 aromatic carbocycles. The summed E-state index contributed by atoms with van der Waals surface area (Å²) >= 11 is 9.11. The standard InChI is InChI=1S/C14H8BrClN2O/c15-11-4-5-13(10(6-11)8-17)18-14(19)9-2-1-3-12(16)7-9/h1-7H,(H,18,19). The van der Waals surface area contributed by atoms with Crippen LogP contribution in [0.2, 0.25) is 5.02 Å². The summed E-state index contributed by atoms with van der Waals surface area (Å²) in [6.07, 6.45) is 0. The average molecular weight is 336 g/mol. The van der Waals surface area contributed by atoms with Crippen LogP contribution in [0.25, 0.3) is 0 Å². The molecule has 3 nitrogen and oxygen atoms in total. The van der Waals surface area contributed by atoms with Gasteiger partial charge in [-0.2, -0.15) is 5.26 Å². The minimum absolute atomic E-state index is 0.304. The molecular formula is C14H8BrClN2O. The van der Waals surface area contributed by atoms with E-state index in [4.69, 9.17) is 16.9 Å². The van der Waals surface area contributed by atoms with Gasteiger partial charge in [-0.1, -0.05) is 33.6 Å². The van der Waals surface area contributed by atoms with E-state index in [1.165, 1.54) is 0 Å². The predicted octanol–water partition coefficient (Wildman–Crippen LogP) is 4.23. The maximum atomic E-state index is 12.0. The second kappa shape index (κ2) is 5.87. The number of carbonyl (C=O) groups excluding carboxylic acids is 1. The quantitative estimate of drug-likeness (QED) is 0.893. The predicted molar refractivity (Wildman–Crippen MR) is 78.3 cm³/mol. The fourth-order valence-electron chi connectivity index (χ4n) is 1.54. The van der Waals surface area contributed by atoms with Crippen LogP contribution in [-0.4, -0.2) is 5.91 Å². The number of carbonyl (C=O) groups is 1. The van der Waals surface area contributed by atoms with Gasteiger partial charge in [0, 0.05) is 15.1 Å². The Morgan fingerprint density at radius 1 is 1.26 bits per heavy atom. The largest absolute Gasteiger partial charge is 0.321 e. The molecular weight excluding hydrogens is 328 g/mol. The molecule has 2 aromatic rings. The van der Waals surface area contributed by atoms with E-state index < -0.39 is 0 Å². The number of hydrogen-bond acceptors (Lipinski definition) is 2. The van der Waals surface area contributed by atoms with Crippen molar-refractivity contribution in [2.24, 2.45) is 0 Å². The SMILES string of the molecule is N#Cc1cc(Br)ccc1NC(=O)c1cccc(Cl)c1. The highest BCUT2D eigenvalue weighted by atomic mass is 79.9. The van der Waals surface area contributed by atoms with Gasteiger partial charge in [-0.15, -0.1) is 0 Å². The van der Waals surface area contributed by atoms with Crippen molar-refractivity contribution < 1.29 is 4.79 Å². The first-order valence-corrected chi connectivity index (χ1v) is 6.54. The molecule has 94 valence electrons. The van der Waals surface area contributed by atoms with Gasteiger partial charge in [0.25, 0.3) is 5.91 Å². The van der Waals surface area contributed by atoms with Gasteiger partial charge in [0.15, 0.2) is 0 Å². The maximum Gasteiger partial charge on any atom is 0.255 e. The molecule has 0 aromatic heterocycles. The van der Waals surface area contributed by atoms with Gasteiger partial charge in [-0.3, -0.25) is 4.79 Å². The molecule has 19 heavy (non-hydrogen) atoms. The molecule has 0 bridgehead atoms. The van der Waals surface area contributed by atoms with E-state index in [-0.39, 0.29) is 5.91 Å². The zero-order valence-corrected chi connectivity index (χ0v) is 12.0. The highest BCUT2D eigenvalue weighted by Crippen LogP contribution is 2.21. The number of rotatable bonds is 2. The van der Waals surface area contributed by atoms with Crippen LogP contribution in [0, 0.1) is 11.3 Å². The van der Waals surface area contributed by atoms with Gasteiger partial charge in [-0.25, -0.2) is 0 Å². The Hall–Kier alpha value is -1.83. The summed E-state index contributed by atoms with van der Waals surface area (Å²) in [7, 11) is 0. The Kier molecular flexibility index (Phi) is 4.20. The smallest absolute Gasteiger partial charge is 0.255 e. The third-order valence-corrected chi connectivity index (χ3v) is 3.17. The summed E-state index contributed by atoms with van der Waals surface area (Å²) in [6.45, 7) is 0. The summed E-state index contributed by atoms with van der Waals surface area (Å²) in [5, 5.41) is 12.2. The van der Waals surface area contributed by atoms with Crippen molar-refractivity contribution in [3.63, 3.8) is 0 Å². The van der Waals surface area contributed by atoms with Crippen LogP contribution >= 0.6 is 27.5 Å². The Balaban J connectivity index is 2.27. The van der Waals surface area contributed by atoms with Crippen molar-refractivity contribution in [1.82, 2.24) is 0 Å². The van der Waals surface area contributed by atoms with Crippen LogP contribution in [0.3, 0.4) is 0 Å². The average Bonchev–Trinajstić information content (AvgIpc) is 2.40. The lowest BCUT2D eigenvalue weighted by atomic mass is 10.1. The minimum Gasteiger partial charge on any atom is -0.321 e. The van der Waals surface area contributed by atoms with Crippen molar-refractivity contribution in [1.29, 1.82) is 5.26 Å². The zero-order chi connectivity index (χ0) is 13.8. The first-order valence-electron chi connectivity index (χ1n) is 5.37. The van der Waals surface area contributed by atoms with Gasteiger partial charge in [-0.05, 0) is 36.4 Å². The van der Waals surface area contributed by atoms with Crippen LogP contribution < -0.4 is 5.32 Å². The van der Waals surface area contributed by atoms with E-state index >= 15 is 0 Å². The summed E-state index contributed by atoms with van der Waals surface area (Å²) in [5.41, 5.74) is 1.31. The fourth-order valence-corrected chi connectivity index (χ4v) is 2.09. The molecule has 0 unspecified atom stereocenters. The molecule has 0 aliphatic heterocycles. The molecule has 0 aliphatic carbocycles. The lowest BCUT2D eigenvalue weighted by Gasteiger charge is -2.07. The molecule has 0 radical (unpaired) electrons. The Labute approximate surface area is 123 Å². The maximum absolute atomic E-state index is 12.0. The van der Waals surface area contributed by atoms with Crippen molar-refractivity contribution in [2.45, 2.75) is 0 Å². The summed E-state index contributed by atoms with van der Waals surface area (Å²) < 4.78 is 0.782. The molecule has 1 amide bonds. The van der Waals surface area contributed by atoms with Gasteiger partial charge in [0.1, 0.15) is 6.07 Å². The van der Waals surface area contributed by atoms with Gasteiger partial charge in [0.05, 0.1) is 11.3 Å². The van der Waals surface area contributed by atoms with Crippen LogP contribution in [0.15, 0.2) is 46.9 Å². The normalized spacial score (nSPS) is 9.74. The molecule has 0 saturated heterocycles. The van der Waals surface area contributed by atoms with E-state index in [0.29, 0.717) is 21.8 Å². The number of hydrogen-bond donors (Lipinski definition) is 1. The molecule has 0 saturated carbocycles. The van der Waals surface area contributed by atoms with E-state index in [0.717, 1.165) is 4.47 Å². The third kappa shape index (κ3) is 3.34. The number of halogens is 2. The highest BCUT2D eigenvalue weighted by Gasteiger charge is 2.09. The highest BCUT2D eigenvalue weighted by molar-refractivity contribution is 9.10. The number of amides is 1. The number of nitrogens with zero attached hydrogens (tertiary/aromatic N) is 1. The molecule has 0 aliphatic rings. The molecule has 0 atom stereocenters. The van der Waals surface area contributed by atoms with Crippen LogP contribution in [0.4, 0.5) is 5.69 Å².